The highest BCUT2D eigenvalue weighted by Gasteiger charge is 2.28. The summed E-state index contributed by atoms with van der Waals surface area (Å²) in [5.74, 6) is 1.36. The van der Waals surface area contributed by atoms with E-state index in [0.717, 1.165) is 55.6 Å². The van der Waals surface area contributed by atoms with Crippen molar-refractivity contribution in [2.75, 3.05) is 33.3 Å². The van der Waals surface area contributed by atoms with Crippen LogP contribution in [0, 0.1) is 17.2 Å². The van der Waals surface area contributed by atoms with Crippen LogP contribution in [0.4, 0.5) is 0 Å². The number of carboxylic acid groups (broad SMARTS) is 1. The summed E-state index contributed by atoms with van der Waals surface area (Å²) in [4.78, 5) is 35.7. The van der Waals surface area contributed by atoms with E-state index in [4.69, 9.17) is 20.6 Å². The summed E-state index contributed by atoms with van der Waals surface area (Å²) >= 11 is 0. The van der Waals surface area contributed by atoms with Gasteiger partial charge in [0.2, 0.25) is 5.91 Å². The molecular weight excluding hydrogens is 574 g/mol. The van der Waals surface area contributed by atoms with E-state index in [9.17, 15) is 14.7 Å². The predicted octanol–water partition coefficient (Wildman–Crippen LogP) is 3.84. The highest BCUT2D eigenvalue weighted by atomic mass is 16.5. The molecule has 2 heterocycles. The van der Waals surface area contributed by atoms with Crippen molar-refractivity contribution in [2.24, 2.45) is 22.6 Å². The molecule has 1 aliphatic carbocycles. The van der Waals surface area contributed by atoms with Crippen LogP contribution in [0.15, 0.2) is 53.8 Å². The van der Waals surface area contributed by atoms with E-state index in [1.807, 2.05) is 54.0 Å². The third kappa shape index (κ3) is 7.92. The Balaban J connectivity index is 1.25. The number of fused-ring (bicyclic) bond motifs is 1. The van der Waals surface area contributed by atoms with Gasteiger partial charge < -0.3 is 35.1 Å². The lowest BCUT2D eigenvalue weighted by Gasteiger charge is -2.32. The number of ether oxygens (including phenoxy) is 2. The lowest BCUT2D eigenvalue weighted by Crippen LogP contribution is -2.40. The minimum Gasteiger partial charge on any atom is -0.491 e. The zero-order valence-corrected chi connectivity index (χ0v) is 25.9. The molecule has 12 heteroatoms. The number of hydrogen-bond donors (Lipinski definition) is 4. The third-order valence-corrected chi connectivity index (χ3v) is 8.96. The molecule has 12 nitrogen and oxygen atoms in total. The van der Waals surface area contributed by atoms with Crippen molar-refractivity contribution in [1.29, 1.82) is 5.41 Å². The molecule has 2 aliphatic rings. The molecule has 5 N–H and O–H groups in total. The maximum atomic E-state index is 13.7. The summed E-state index contributed by atoms with van der Waals surface area (Å²) in [6.45, 7) is 4.00. The molecule has 1 unspecified atom stereocenters. The Morgan fingerprint density at radius 2 is 1.78 bits per heavy atom. The first-order valence-electron chi connectivity index (χ1n) is 15.6. The molecule has 1 saturated carbocycles. The number of benzene rings is 2. The number of amides is 1. The van der Waals surface area contributed by atoms with E-state index in [1.165, 1.54) is 0 Å². The Morgan fingerprint density at radius 3 is 2.42 bits per heavy atom. The Morgan fingerprint density at radius 1 is 1.09 bits per heavy atom. The molecule has 1 amide bonds. The molecule has 45 heavy (non-hydrogen) atoms. The van der Waals surface area contributed by atoms with Crippen LogP contribution >= 0.6 is 0 Å². The SMILES string of the molecule is CN=C(N)c1ccc2c(c1)ncn2C(COc1ccc(OC2CCN(C(C)=N)CC2)cc1)C(=O)NCC1CCC(C(=O)O)CC1. The highest BCUT2D eigenvalue weighted by molar-refractivity contribution is 6.00. The first kappa shape index (κ1) is 31.8. The summed E-state index contributed by atoms with van der Waals surface area (Å²) in [7, 11) is 1.63. The van der Waals surface area contributed by atoms with Crippen molar-refractivity contribution in [2.45, 2.75) is 57.6 Å². The number of amidine groups is 2. The van der Waals surface area contributed by atoms with Gasteiger partial charge in [0.25, 0.3) is 0 Å². The van der Waals surface area contributed by atoms with Crippen LogP contribution in [0.3, 0.4) is 0 Å². The fourth-order valence-corrected chi connectivity index (χ4v) is 6.12. The Labute approximate surface area is 263 Å². The van der Waals surface area contributed by atoms with E-state index < -0.39 is 12.0 Å². The van der Waals surface area contributed by atoms with E-state index in [-0.39, 0.29) is 30.5 Å². The Bertz CT molecular complexity index is 1520. The fraction of sp³-hybridized carbons (Fsp3) is 0.485. The molecule has 1 atom stereocenters. The predicted molar refractivity (Wildman–Crippen MR) is 172 cm³/mol. The van der Waals surface area contributed by atoms with Gasteiger partial charge >= 0.3 is 5.97 Å². The fourth-order valence-electron chi connectivity index (χ4n) is 6.12. The van der Waals surface area contributed by atoms with E-state index in [0.29, 0.717) is 42.3 Å². The zero-order valence-electron chi connectivity index (χ0n) is 25.9. The van der Waals surface area contributed by atoms with Crippen molar-refractivity contribution in [1.82, 2.24) is 19.8 Å². The summed E-state index contributed by atoms with van der Waals surface area (Å²) in [6.07, 6.45) is 6.27. The summed E-state index contributed by atoms with van der Waals surface area (Å²) in [6, 6.07) is 12.3. The number of rotatable bonds is 11. The second kappa shape index (κ2) is 14.4. The number of nitrogens with one attached hydrogen (secondary N) is 2. The van der Waals surface area contributed by atoms with E-state index in [1.54, 1.807) is 13.4 Å². The van der Waals surface area contributed by atoms with Crippen LogP contribution < -0.4 is 20.5 Å². The smallest absolute Gasteiger partial charge is 0.306 e. The number of piperidine rings is 1. The molecule has 1 saturated heterocycles. The first-order chi connectivity index (χ1) is 21.7. The summed E-state index contributed by atoms with van der Waals surface area (Å²) in [5.41, 5.74) is 8.21. The van der Waals surface area contributed by atoms with Gasteiger partial charge in [-0.2, -0.15) is 0 Å². The quantitative estimate of drug-likeness (QED) is 0.186. The second-order valence-electron chi connectivity index (χ2n) is 12.0. The van der Waals surface area contributed by atoms with E-state index in [2.05, 4.69) is 20.2 Å². The largest absolute Gasteiger partial charge is 0.491 e. The minimum absolute atomic E-state index is 0.0744. The number of carbonyl (C=O) groups is 2. The number of likely N-dealkylation sites (tertiary alicyclic amines) is 1. The molecule has 1 aliphatic heterocycles. The van der Waals surface area contributed by atoms with Gasteiger partial charge in [0, 0.05) is 45.1 Å². The van der Waals surface area contributed by atoms with E-state index >= 15 is 0 Å². The minimum atomic E-state index is -0.740. The van der Waals surface area contributed by atoms with Crippen molar-refractivity contribution < 1.29 is 24.2 Å². The first-order valence-corrected chi connectivity index (χ1v) is 15.6. The number of aliphatic imine (C=N–C) groups is 1. The topological polar surface area (TPSA) is 168 Å². The summed E-state index contributed by atoms with van der Waals surface area (Å²) in [5, 5.41) is 20.2. The van der Waals surface area contributed by atoms with Gasteiger partial charge in [-0.25, -0.2) is 4.98 Å². The van der Waals surface area contributed by atoms with Crippen LogP contribution in [0.5, 0.6) is 11.5 Å². The van der Waals surface area contributed by atoms with Gasteiger partial charge in [-0.05, 0) is 81.0 Å². The van der Waals surface area contributed by atoms with Crippen LogP contribution in [0.2, 0.25) is 0 Å². The maximum absolute atomic E-state index is 13.7. The van der Waals surface area contributed by atoms with Crippen LogP contribution in [0.1, 0.15) is 57.1 Å². The third-order valence-electron chi connectivity index (χ3n) is 8.96. The Kier molecular flexibility index (Phi) is 10.2. The molecule has 1 aromatic heterocycles. The van der Waals surface area contributed by atoms with Gasteiger partial charge in [-0.1, -0.05) is 0 Å². The molecule has 240 valence electrons. The molecule has 3 aromatic rings. The molecule has 0 bridgehead atoms. The second-order valence-corrected chi connectivity index (χ2v) is 12.0. The molecule has 5 rings (SSSR count). The number of carboxylic acids is 1. The van der Waals surface area contributed by atoms with Crippen molar-refractivity contribution in [3.05, 3.63) is 54.4 Å². The van der Waals surface area contributed by atoms with Gasteiger partial charge in [-0.3, -0.25) is 20.0 Å². The number of nitrogens with two attached hydrogens (primary N) is 1. The molecule has 0 spiro atoms. The Hall–Kier alpha value is -4.61. The van der Waals surface area contributed by atoms with Crippen molar-refractivity contribution in [3.63, 3.8) is 0 Å². The number of aliphatic carboxylic acids is 1. The average Bonchev–Trinajstić information content (AvgIpc) is 3.47. The highest BCUT2D eigenvalue weighted by Crippen LogP contribution is 2.29. The number of imidazole rings is 1. The van der Waals surface area contributed by atoms with Crippen LogP contribution in [0.25, 0.3) is 11.0 Å². The van der Waals surface area contributed by atoms with Crippen molar-refractivity contribution >= 4 is 34.6 Å². The molecule has 2 fully saturated rings. The average molecular weight is 618 g/mol. The van der Waals surface area contributed by atoms with Crippen LogP contribution in [-0.4, -0.2) is 82.5 Å². The number of aromatic nitrogens is 2. The zero-order chi connectivity index (χ0) is 31.9. The normalized spacial score (nSPS) is 20.0. The molecule has 2 aromatic carbocycles. The standard InChI is InChI=1S/C33H43N7O5/c1-21(34)39-15-13-27(14-16-39)45-26-10-8-25(9-11-26)44-19-30(32(41)37-18-22-3-5-23(6-4-22)33(42)43)40-20-38-28-17-24(31(35)36-2)7-12-29(28)40/h7-12,17,20,22-23,27,30,34H,3-6,13-16,18-19H2,1-2H3,(H2,35,36)(H,37,41)(H,42,43). The molecule has 0 radical (unpaired) electrons. The number of hydrogen-bond acceptors (Lipinski definition) is 7. The van der Waals surface area contributed by atoms with Gasteiger partial charge in [0.1, 0.15) is 36.1 Å². The summed E-state index contributed by atoms with van der Waals surface area (Å²) < 4.78 is 14.1. The van der Waals surface area contributed by atoms with Gasteiger partial charge in [0.05, 0.1) is 29.1 Å². The van der Waals surface area contributed by atoms with Gasteiger partial charge in [-0.15, -0.1) is 0 Å². The molecular formula is C33H43N7O5. The number of carbonyl (C=O) groups excluding carboxylic acids is 1. The maximum Gasteiger partial charge on any atom is 0.306 e. The number of nitrogens with zero attached hydrogens (tertiary/aromatic N) is 4. The monoisotopic (exact) mass is 617 g/mol. The lowest BCUT2D eigenvalue weighted by molar-refractivity contribution is -0.143. The van der Waals surface area contributed by atoms with Gasteiger partial charge in [0.15, 0.2) is 0 Å². The lowest BCUT2D eigenvalue weighted by atomic mass is 9.82. The van der Waals surface area contributed by atoms with Crippen molar-refractivity contribution in [3.8, 4) is 11.5 Å². The van der Waals surface area contributed by atoms with Crippen LogP contribution in [-0.2, 0) is 9.59 Å².